The van der Waals surface area contributed by atoms with E-state index in [1.807, 2.05) is 26.0 Å². The Labute approximate surface area is 335 Å². The van der Waals surface area contributed by atoms with Crippen LogP contribution >= 0.6 is 0 Å². The number of hydrogen-bond acceptors (Lipinski definition) is 0. The first-order valence-corrected chi connectivity index (χ1v) is 20.0. The summed E-state index contributed by atoms with van der Waals surface area (Å²) in [6, 6.07) is 64.6. The van der Waals surface area contributed by atoms with E-state index >= 15 is 0 Å². The smallest absolute Gasteiger partial charge is 0.0713 e. The standard InChI is InChI=1S/C39H30.C13H14.C4H8/c1-28-16-21-31(22-17-28)32-23-18-29(19-24-32)26-30-20-25-36-35-14-8-9-15-37(35)39(38(36)27-30,33-10-4-2-5-11-33)34-12-6-3-7-13-34;1-11-7-9-13(10-8-11)12-5-3-2-4-6-12;1-3-4-2/h2-25,27H,26H2,1H3;3,5-10H,2,4H2,1H3;3-4H,1-2H3/b;;4-3-. The third-order valence-corrected chi connectivity index (χ3v) is 11.0. The molecule has 7 aromatic carbocycles. The van der Waals surface area contributed by atoms with Gasteiger partial charge in [-0.25, -0.2) is 0 Å². The van der Waals surface area contributed by atoms with Gasteiger partial charge in [-0.15, -0.1) is 0 Å². The summed E-state index contributed by atoms with van der Waals surface area (Å²) in [5.41, 5.74) is 18.1. The second-order valence-corrected chi connectivity index (χ2v) is 14.8. The topological polar surface area (TPSA) is 0 Å². The molecular weight excluding hydrogens is 673 g/mol. The van der Waals surface area contributed by atoms with Crippen molar-refractivity contribution in [2.24, 2.45) is 0 Å². The van der Waals surface area contributed by atoms with Crippen molar-refractivity contribution < 1.29 is 0 Å². The van der Waals surface area contributed by atoms with E-state index in [9.17, 15) is 0 Å². The molecular formula is C56H52. The minimum atomic E-state index is -0.347. The van der Waals surface area contributed by atoms with Gasteiger partial charge in [0.05, 0.1) is 5.41 Å². The minimum Gasteiger partial charge on any atom is -0.0919 e. The first kappa shape index (κ1) is 38.1. The van der Waals surface area contributed by atoms with Crippen LogP contribution in [-0.4, -0.2) is 0 Å². The van der Waals surface area contributed by atoms with Crippen molar-refractivity contribution in [2.75, 3.05) is 0 Å². The van der Waals surface area contributed by atoms with Gasteiger partial charge in [0.15, 0.2) is 0 Å². The van der Waals surface area contributed by atoms with Crippen molar-refractivity contribution >= 4 is 5.57 Å². The Bertz CT molecular complexity index is 2380. The maximum atomic E-state index is 2.46. The monoisotopic (exact) mass is 724 g/mol. The third kappa shape index (κ3) is 8.21. The van der Waals surface area contributed by atoms with Crippen LogP contribution in [0.15, 0.2) is 206 Å². The molecule has 0 heterocycles. The van der Waals surface area contributed by atoms with Gasteiger partial charge in [-0.05, 0) is 114 Å². The van der Waals surface area contributed by atoms with Gasteiger partial charge in [-0.3, -0.25) is 0 Å². The van der Waals surface area contributed by atoms with Crippen LogP contribution in [0.25, 0.3) is 27.8 Å². The molecule has 2 aliphatic carbocycles. The lowest BCUT2D eigenvalue weighted by molar-refractivity contribution is 0.767. The molecule has 7 aromatic rings. The highest BCUT2D eigenvalue weighted by Gasteiger charge is 2.45. The second kappa shape index (κ2) is 17.9. The average molecular weight is 725 g/mol. The number of fused-ring (bicyclic) bond motifs is 3. The third-order valence-electron chi connectivity index (χ3n) is 11.0. The van der Waals surface area contributed by atoms with Crippen LogP contribution in [0.4, 0.5) is 0 Å². The molecule has 0 heteroatoms. The van der Waals surface area contributed by atoms with Crippen molar-refractivity contribution in [3.8, 4) is 22.3 Å². The molecule has 276 valence electrons. The first-order valence-electron chi connectivity index (χ1n) is 20.0. The maximum absolute atomic E-state index is 2.46. The Kier molecular flexibility index (Phi) is 12.2. The van der Waals surface area contributed by atoms with Crippen molar-refractivity contribution in [2.45, 2.75) is 52.4 Å². The van der Waals surface area contributed by atoms with Crippen LogP contribution in [0.5, 0.6) is 0 Å². The molecule has 0 amide bonds. The summed E-state index contributed by atoms with van der Waals surface area (Å²) in [7, 11) is 0. The van der Waals surface area contributed by atoms with E-state index in [1.54, 1.807) is 0 Å². The summed E-state index contributed by atoms with van der Waals surface area (Å²) in [4.78, 5) is 0. The predicted octanol–water partition coefficient (Wildman–Crippen LogP) is 14.9. The van der Waals surface area contributed by atoms with E-state index in [1.165, 1.54) is 90.7 Å². The fourth-order valence-electron chi connectivity index (χ4n) is 7.97. The number of aryl methyl sites for hydroxylation is 2. The quantitative estimate of drug-likeness (QED) is 0.150. The van der Waals surface area contributed by atoms with E-state index in [4.69, 9.17) is 0 Å². The first-order chi connectivity index (χ1) is 27.5. The van der Waals surface area contributed by atoms with Gasteiger partial charge in [0.2, 0.25) is 0 Å². The molecule has 0 bridgehead atoms. The molecule has 2 aliphatic rings. The van der Waals surface area contributed by atoms with E-state index in [0.717, 1.165) is 6.42 Å². The Morgan fingerprint density at radius 1 is 0.464 bits per heavy atom. The SMILES string of the molecule is C/C=C\C.Cc1ccc(-c2ccc(Cc3ccc4c(c3)C(c3ccccc3)(c3ccccc3)c3ccccc3-4)cc2)cc1.Cc1ccc(C2=CCCC=C2)cc1. The molecule has 0 fully saturated rings. The summed E-state index contributed by atoms with van der Waals surface area (Å²) in [5, 5.41) is 0. The van der Waals surface area contributed by atoms with Crippen molar-refractivity contribution in [1.82, 2.24) is 0 Å². The Morgan fingerprint density at radius 3 is 1.52 bits per heavy atom. The Hall–Kier alpha value is -6.24. The van der Waals surface area contributed by atoms with Crippen LogP contribution < -0.4 is 0 Å². The van der Waals surface area contributed by atoms with E-state index in [0.29, 0.717) is 0 Å². The highest BCUT2D eigenvalue weighted by atomic mass is 14.5. The van der Waals surface area contributed by atoms with Gasteiger partial charge in [0.1, 0.15) is 0 Å². The number of benzene rings is 7. The predicted molar refractivity (Wildman–Crippen MR) is 241 cm³/mol. The maximum Gasteiger partial charge on any atom is 0.0713 e. The lowest BCUT2D eigenvalue weighted by atomic mass is 9.67. The lowest BCUT2D eigenvalue weighted by Crippen LogP contribution is -2.28. The fraction of sp³-hybridized carbons (Fsp3) is 0.143. The zero-order valence-corrected chi connectivity index (χ0v) is 33.3. The molecule has 9 rings (SSSR count). The molecule has 0 aliphatic heterocycles. The van der Waals surface area contributed by atoms with Gasteiger partial charge in [-0.2, -0.15) is 0 Å². The van der Waals surface area contributed by atoms with Gasteiger partial charge < -0.3 is 0 Å². The lowest BCUT2D eigenvalue weighted by Gasteiger charge is -2.34. The van der Waals surface area contributed by atoms with Crippen LogP contribution in [0, 0.1) is 13.8 Å². The molecule has 0 radical (unpaired) electrons. The van der Waals surface area contributed by atoms with Crippen LogP contribution in [0.3, 0.4) is 0 Å². The van der Waals surface area contributed by atoms with E-state index in [2.05, 4.69) is 208 Å². The fourth-order valence-corrected chi connectivity index (χ4v) is 7.97. The molecule has 0 unspecified atom stereocenters. The molecule has 0 N–H and O–H groups in total. The average Bonchev–Trinajstić information content (AvgIpc) is 3.56. The molecule has 0 aromatic heterocycles. The van der Waals surface area contributed by atoms with Crippen LogP contribution in [-0.2, 0) is 11.8 Å². The highest BCUT2D eigenvalue weighted by Crippen LogP contribution is 2.56. The molecule has 0 saturated carbocycles. The Balaban J connectivity index is 0.000000235. The number of hydrogen-bond donors (Lipinski definition) is 0. The zero-order valence-electron chi connectivity index (χ0n) is 33.3. The Morgan fingerprint density at radius 2 is 0.964 bits per heavy atom. The summed E-state index contributed by atoms with van der Waals surface area (Å²) >= 11 is 0. The normalized spacial score (nSPS) is 13.4. The summed E-state index contributed by atoms with van der Waals surface area (Å²) in [6.45, 7) is 8.25. The van der Waals surface area contributed by atoms with Gasteiger partial charge in [-0.1, -0.05) is 217 Å². The van der Waals surface area contributed by atoms with Crippen molar-refractivity contribution in [3.05, 3.63) is 256 Å². The summed E-state index contributed by atoms with van der Waals surface area (Å²) in [6.07, 6.45) is 14.0. The zero-order chi connectivity index (χ0) is 38.7. The number of allylic oxidation sites excluding steroid dienone is 6. The van der Waals surface area contributed by atoms with Crippen LogP contribution in [0.2, 0.25) is 0 Å². The molecule has 0 atom stereocenters. The molecule has 56 heavy (non-hydrogen) atoms. The molecule has 0 nitrogen and oxygen atoms in total. The van der Waals surface area contributed by atoms with Crippen LogP contribution in [0.1, 0.15) is 76.8 Å². The van der Waals surface area contributed by atoms with E-state index in [-0.39, 0.29) is 5.41 Å². The van der Waals surface area contributed by atoms with Gasteiger partial charge >= 0.3 is 0 Å². The molecule has 0 spiro atoms. The summed E-state index contributed by atoms with van der Waals surface area (Å²) in [5.74, 6) is 0. The minimum absolute atomic E-state index is 0.347. The largest absolute Gasteiger partial charge is 0.0919 e. The second-order valence-electron chi connectivity index (χ2n) is 14.8. The van der Waals surface area contributed by atoms with Crippen molar-refractivity contribution in [3.63, 3.8) is 0 Å². The van der Waals surface area contributed by atoms with E-state index < -0.39 is 0 Å². The summed E-state index contributed by atoms with van der Waals surface area (Å²) < 4.78 is 0. The van der Waals surface area contributed by atoms with Gasteiger partial charge in [0.25, 0.3) is 0 Å². The van der Waals surface area contributed by atoms with Crippen molar-refractivity contribution in [1.29, 1.82) is 0 Å². The van der Waals surface area contributed by atoms with Gasteiger partial charge in [0, 0.05) is 0 Å². The highest BCUT2D eigenvalue weighted by molar-refractivity contribution is 5.86. The molecule has 0 saturated heterocycles. The number of rotatable bonds is 6.